The minimum absolute atomic E-state index is 0.113. The van der Waals surface area contributed by atoms with Crippen molar-refractivity contribution in [3.8, 4) is 11.5 Å². The number of benzene rings is 1. The number of nitrogens with one attached hydrogen (secondary N) is 1. The molecule has 2 amide bonds. The zero-order valence-electron chi connectivity index (χ0n) is 20.4. The van der Waals surface area contributed by atoms with Gasteiger partial charge in [0.1, 0.15) is 17.5 Å². The highest BCUT2D eigenvalue weighted by Crippen LogP contribution is 2.35. The van der Waals surface area contributed by atoms with Crippen molar-refractivity contribution in [2.24, 2.45) is 0 Å². The molecule has 1 atom stereocenters. The fraction of sp³-hybridized carbons (Fsp3) is 0.538. The van der Waals surface area contributed by atoms with Crippen molar-refractivity contribution >= 4 is 23.2 Å². The fourth-order valence-corrected chi connectivity index (χ4v) is 5.08. The predicted molar refractivity (Wildman–Crippen MR) is 134 cm³/mol. The van der Waals surface area contributed by atoms with Gasteiger partial charge in [-0.15, -0.1) is 11.3 Å². The maximum Gasteiger partial charge on any atom is 0.264 e. The first kappa shape index (κ1) is 26.0. The van der Waals surface area contributed by atoms with Crippen molar-refractivity contribution in [3.63, 3.8) is 0 Å². The SMILES string of the molecule is CCOCCCN(C(=O)c1cccs1)C(C(=O)NC1CCCCC1)c1cc(OC)ccc1OC. The van der Waals surface area contributed by atoms with Crippen LogP contribution in [0.15, 0.2) is 35.7 Å². The predicted octanol–water partition coefficient (Wildman–Crippen LogP) is 4.82. The van der Waals surface area contributed by atoms with Gasteiger partial charge in [-0.05, 0) is 55.8 Å². The van der Waals surface area contributed by atoms with E-state index >= 15 is 0 Å². The molecule has 1 heterocycles. The molecule has 0 spiro atoms. The van der Waals surface area contributed by atoms with E-state index in [1.165, 1.54) is 17.8 Å². The van der Waals surface area contributed by atoms with Crippen LogP contribution in [0, 0.1) is 0 Å². The number of ether oxygens (including phenoxy) is 3. The Labute approximate surface area is 206 Å². The highest BCUT2D eigenvalue weighted by molar-refractivity contribution is 7.12. The molecule has 1 N–H and O–H groups in total. The molecule has 1 saturated carbocycles. The molecule has 1 fully saturated rings. The molecule has 0 saturated heterocycles. The summed E-state index contributed by atoms with van der Waals surface area (Å²) in [5, 5.41) is 5.10. The van der Waals surface area contributed by atoms with Crippen LogP contribution in [-0.2, 0) is 9.53 Å². The minimum atomic E-state index is -0.858. The van der Waals surface area contributed by atoms with Crippen molar-refractivity contribution in [2.45, 2.75) is 57.5 Å². The van der Waals surface area contributed by atoms with Gasteiger partial charge in [0, 0.05) is 31.4 Å². The van der Waals surface area contributed by atoms with Crippen molar-refractivity contribution < 1.29 is 23.8 Å². The molecule has 0 aliphatic heterocycles. The van der Waals surface area contributed by atoms with Gasteiger partial charge >= 0.3 is 0 Å². The molecule has 186 valence electrons. The van der Waals surface area contributed by atoms with E-state index in [-0.39, 0.29) is 17.9 Å². The maximum atomic E-state index is 13.9. The van der Waals surface area contributed by atoms with E-state index in [4.69, 9.17) is 14.2 Å². The molecular weight excluding hydrogens is 452 g/mol. The molecule has 8 heteroatoms. The van der Waals surface area contributed by atoms with E-state index in [2.05, 4.69) is 5.32 Å². The van der Waals surface area contributed by atoms with Crippen LogP contribution in [0.2, 0.25) is 0 Å². The second kappa shape index (κ2) is 13.3. The average molecular weight is 489 g/mol. The van der Waals surface area contributed by atoms with Crippen molar-refractivity contribution in [1.82, 2.24) is 10.2 Å². The summed E-state index contributed by atoms with van der Waals surface area (Å²) in [6, 6.07) is 8.26. The molecule has 34 heavy (non-hydrogen) atoms. The van der Waals surface area contributed by atoms with Crippen LogP contribution in [0.3, 0.4) is 0 Å². The lowest BCUT2D eigenvalue weighted by molar-refractivity contribution is -0.127. The van der Waals surface area contributed by atoms with E-state index in [9.17, 15) is 9.59 Å². The van der Waals surface area contributed by atoms with Gasteiger partial charge in [0.05, 0.1) is 19.1 Å². The number of hydrogen-bond donors (Lipinski definition) is 1. The number of carbonyl (C=O) groups is 2. The molecule has 1 aromatic heterocycles. The monoisotopic (exact) mass is 488 g/mol. The summed E-state index contributed by atoms with van der Waals surface area (Å²) in [5.74, 6) is 0.766. The Bertz CT molecular complexity index is 912. The molecule has 0 bridgehead atoms. The highest BCUT2D eigenvalue weighted by Gasteiger charge is 2.35. The first-order valence-electron chi connectivity index (χ1n) is 12.0. The summed E-state index contributed by atoms with van der Waals surface area (Å²) in [7, 11) is 3.15. The van der Waals surface area contributed by atoms with Crippen LogP contribution >= 0.6 is 11.3 Å². The van der Waals surface area contributed by atoms with Gasteiger partial charge in [-0.25, -0.2) is 0 Å². The number of hydrogen-bond acceptors (Lipinski definition) is 6. The molecule has 1 aliphatic carbocycles. The summed E-state index contributed by atoms with van der Waals surface area (Å²) < 4.78 is 16.6. The number of amides is 2. The van der Waals surface area contributed by atoms with Crippen LogP contribution in [0.25, 0.3) is 0 Å². The minimum Gasteiger partial charge on any atom is -0.497 e. The van der Waals surface area contributed by atoms with Crippen LogP contribution in [0.5, 0.6) is 11.5 Å². The Morgan fingerprint density at radius 2 is 1.94 bits per heavy atom. The van der Waals surface area contributed by atoms with Crippen molar-refractivity contribution in [2.75, 3.05) is 34.0 Å². The Morgan fingerprint density at radius 1 is 1.15 bits per heavy atom. The topological polar surface area (TPSA) is 77.1 Å². The normalized spacial score (nSPS) is 14.9. The number of rotatable bonds is 12. The number of carbonyl (C=O) groups excluding carboxylic acids is 2. The second-order valence-electron chi connectivity index (χ2n) is 8.38. The zero-order valence-corrected chi connectivity index (χ0v) is 21.2. The van der Waals surface area contributed by atoms with E-state index in [1.807, 2.05) is 18.4 Å². The van der Waals surface area contributed by atoms with E-state index < -0.39 is 6.04 Å². The van der Waals surface area contributed by atoms with Gasteiger partial charge in [-0.1, -0.05) is 25.3 Å². The lowest BCUT2D eigenvalue weighted by atomic mass is 9.94. The third-order valence-electron chi connectivity index (χ3n) is 6.13. The van der Waals surface area contributed by atoms with Gasteiger partial charge in [-0.3, -0.25) is 9.59 Å². The molecule has 1 aliphatic rings. The summed E-state index contributed by atoms with van der Waals surface area (Å²) >= 11 is 1.37. The summed E-state index contributed by atoms with van der Waals surface area (Å²) in [4.78, 5) is 29.8. The van der Waals surface area contributed by atoms with E-state index in [1.54, 1.807) is 43.4 Å². The Balaban J connectivity index is 2.01. The smallest absolute Gasteiger partial charge is 0.264 e. The maximum absolute atomic E-state index is 13.9. The molecule has 1 aromatic carbocycles. The van der Waals surface area contributed by atoms with Gasteiger partial charge in [0.15, 0.2) is 0 Å². The fourth-order valence-electron chi connectivity index (χ4n) is 4.40. The third-order valence-corrected chi connectivity index (χ3v) is 6.99. The standard InChI is InChI=1S/C26H36N2O5S/c1-4-33-16-9-15-28(26(30)23-12-8-17-34-23)24(25(29)27-19-10-6-5-7-11-19)21-18-20(31-2)13-14-22(21)32-3/h8,12-14,17-19,24H,4-7,9-11,15-16H2,1-3H3,(H,27,29). The van der Waals surface area contributed by atoms with Gasteiger partial charge in [0.25, 0.3) is 5.91 Å². The van der Waals surface area contributed by atoms with Gasteiger partial charge in [0.2, 0.25) is 5.91 Å². The van der Waals surface area contributed by atoms with Gasteiger partial charge in [-0.2, -0.15) is 0 Å². The molecular formula is C26H36N2O5S. The Kier molecular flexibility index (Phi) is 10.2. The molecule has 7 nitrogen and oxygen atoms in total. The first-order chi connectivity index (χ1) is 16.6. The molecule has 0 radical (unpaired) electrons. The number of nitrogens with zero attached hydrogens (tertiary/aromatic N) is 1. The lowest BCUT2D eigenvalue weighted by Gasteiger charge is -2.34. The Hall–Kier alpha value is -2.58. The van der Waals surface area contributed by atoms with Crippen LogP contribution < -0.4 is 14.8 Å². The number of methoxy groups -OCH3 is 2. The number of thiophene rings is 1. The largest absolute Gasteiger partial charge is 0.497 e. The first-order valence-corrected chi connectivity index (χ1v) is 12.9. The van der Waals surface area contributed by atoms with Crippen molar-refractivity contribution in [1.29, 1.82) is 0 Å². The summed E-state index contributed by atoms with van der Waals surface area (Å²) in [6.07, 6.45) is 5.92. The Morgan fingerprint density at radius 3 is 2.59 bits per heavy atom. The highest BCUT2D eigenvalue weighted by atomic mass is 32.1. The van der Waals surface area contributed by atoms with Crippen LogP contribution in [0.1, 0.15) is 66.7 Å². The van der Waals surface area contributed by atoms with Crippen molar-refractivity contribution in [3.05, 3.63) is 46.2 Å². The average Bonchev–Trinajstić information content (AvgIpc) is 3.41. The molecule has 2 aromatic rings. The van der Waals surface area contributed by atoms with E-state index in [0.29, 0.717) is 48.1 Å². The van der Waals surface area contributed by atoms with Crippen LogP contribution in [0.4, 0.5) is 0 Å². The summed E-state index contributed by atoms with van der Waals surface area (Å²) in [6.45, 7) is 3.43. The summed E-state index contributed by atoms with van der Waals surface area (Å²) in [5.41, 5.74) is 0.608. The second-order valence-corrected chi connectivity index (χ2v) is 9.33. The van der Waals surface area contributed by atoms with Crippen LogP contribution in [-0.4, -0.2) is 56.7 Å². The zero-order chi connectivity index (χ0) is 24.3. The third kappa shape index (κ3) is 6.73. The molecule has 1 unspecified atom stereocenters. The van der Waals surface area contributed by atoms with E-state index in [0.717, 1.165) is 25.7 Å². The lowest BCUT2D eigenvalue weighted by Crippen LogP contribution is -2.47. The van der Waals surface area contributed by atoms with Gasteiger partial charge < -0.3 is 24.4 Å². The molecule has 3 rings (SSSR count). The quantitative estimate of drug-likeness (QED) is 0.433.